The van der Waals surface area contributed by atoms with E-state index in [-0.39, 0.29) is 12.4 Å². The van der Waals surface area contributed by atoms with Crippen LogP contribution < -0.4 is 9.47 Å². The summed E-state index contributed by atoms with van der Waals surface area (Å²) in [5, 5.41) is 0. The number of halogens is 2. The van der Waals surface area contributed by atoms with Gasteiger partial charge in [-0.15, -0.1) is 0 Å². The van der Waals surface area contributed by atoms with Gasteiger partial charge in [0.25, 0.3) is 0 Å². The predicted octanol–water partition coefficient (Wildman–Crippen LogP) is 5.67. The summed E-state index contributed by atoms with van der Waals surface area (Å²) < 4.78 is 25.7. The van der Waals surface area contributed by atoms with Gasteiger partial charge in [0, 0.05) is 38.3 Å². The molecule has 0 aliphatic carbocycles. The molecule has 33 heavy (non-hydrogen) atoms. The van der Waals surface area contributed by atoms with Crippen molar-refractivity contribution in [2.75, 3.05) is 33.3 Å². The van der Waals surface area contributed by atoms with Crippen LogP contribution in [0.5, 0.6) is 11.5 Å². The monoisotopic (exact) mass is 528 g/mol. The number of piperazine rings is 1. The summed E-state index contributed by atoms with van der Waals surface area (Å²) in [6.07, 6.45) is 0. The third kappa shape index (κ3) is 6.10. The highest BCUT2D eigenvalue weighted by molar-refractivity contribution is 9.10. The molecule has 0 bridgehead atoms. The molecule has 0 radical (unpaired) electrons. The molecule has 7 heteroatoms. The van der Waals surface area contributed by atoms with Crippen LogP contribution >= 0.6 is 28.1 Å². The lowest BCUT2D eigenvalue weighted by molar-refractivity contribution is 0.177. The van der Waals surface area contributed by atoms with Gasteiger partial charge in [-0.3, -0.25) is 4.90 Å². The van der Waals surface area contributed by atoms with Crippen molar-refractivity contribution in [3.05, 3.63) is 93.7 Å². The van der Waals surface area contributed by atoms with Crippen molar-refractivity contribution in [2.45, 2.75) is 13.2 Å². The third-order valence-electron chi connectivity index (χ3n) is 5.66. The molecular formula is C26H26BrFN2O2S. The summed E-state index contributed by atoms with van der Waals surface area (Å²) in [4.78, 5) is 5.49. The van der Waals surface area contributed by atoms with Gasteiger partial charge in [-0.1, -0.05) is 54.7 Å². The Hall–Kier alpha value is -2.48. The van der Waals surface area contributed by atoms with Gasteiger partial charge in [0.1, 0.15) is 17.4 Å². The maximum absolute atomic E-state index is 13.5. The second-order valence-electron chi connectivity index (χ2n) is 7.96. The van der Waals surface area contributed by atoms with Crippen LogP contribution in [-0.4, -0.2) is 48.1 Å². The molecule has 1 aliphatic rings. The van der Waals surface area contributed by atoms with Crippen LogP contribution in [0.3, 0.4) is 0 Å². The van der Waals surface area contributed by atoms with Crippen LogP contribution in [0.25, 0.3) is 0 Å². The first-order chi connectivity index (χ1) is 16.0. The Morgan fingerprint density at radius 3 is 2.39 bits per heavy atom. The summed E-state index contributed by atoms with van der Waals surface area (Å²) in [5.41, 5.74) is 2.98. The van der Waals surface area contributed by atoms with E-state index in [1.165, 1.54) is 17.7 Å². The molecule has 0 atom stereocenters. The quantitative estimate of drug-likeness (QED) is 0.368. The minimum absolute atomic E-state index is 0.236. The fourth-order valence-corrected chi connectivity index (χ4v) is 4.76. The van der Waals surface area contributed by atoms with Crippen LogP contribution in [0.4, 0.5) is 4.39 Å². The lowest BCUT2D eigenvalue weighted by atomic mass is 10.1. The molecule has 1 heterocycles. The van der Waals surface area contributed by atoms with E-state index in [0.29, 0.717) is 11.5 Å². The highest BCUT2D eigenvalue weighted by Crippen LogP contribution is 2.37. The Morgan fingerprint density at radius 1 is 0.970 bits per heavy atom. The fraction of sp³-hybridized carbons (Fsp3) is 0.269. The molecule has 0 unspecified atom stereocenters. The molecule has 0 saturated carbocycles. The zero-order valence-corrected chi connectivity index (χ0v) is 20.9. The predicted molar refractivity (Wildman–Crippen MR) is 136 cm³/mol. The molecule has 0 spiro atoms. The second kappa shape index (κ2) is 11.1. The number of ether oxygens (including phenoxy) is 2. The van der Waals surface area contributed by atoms with E-state index in [2.05, 4.69) is 50.0 Å². The zero-order chi connectivity index (χ0) is 23.2. The highest BCUT2D eigenvalue weighted by Gasteiger charge is 2.22. The van der Waals surface area contributed by atoms with Crippen molar-refractivity contribution >= 4 is 33.1 Å². The van der Waals surface area contributed by atoms with Gasteiger partial charge in [-0.2, -0.15) is 0 Å². The Balaban J connectivity index is 1.40. The molecule has 4 nitrogen and oxygen atoms in total. The maximum Gasteiger partial charge on any atom is 0.175 e. The Labute approximate surface area is 208 Å². The largest absolute Gasteiger partial charge is 0.493 e. The molecule has 3 aromatic rings. The number of rotatable bonds is 7. The van der Waals surface area contributed by atoms with Gasteiger partial charge in [0.15, 0.2) is 11.5 Å². The van der Waals surface area contributed by atoms with Crippen molar-refractivity contribution in [1.82, 2.24) is 9.80 Å². The van der Waals surface area contributed by atoms with Crippen molar-refractivity contribution in [1.29, 1.82) is 0 Å². The summed E-state index contributed by atoms with van der Waals surface area (Å²) in [6, 6.07) is 20.8. The topological polar surface area (TPSA) is 24.9 Å². The van der Waals surface area contributed by atoms with E-state index >= 15 is 0 Å². The van der Waals surface area contributed by atoms with Crippen LogP contribution in [0.2, 0.25) is 0 Å². The van der Waals surface area contributed by atoms with Crippen molar-refractivity contribution < 1.29 is 13.9 Å². The van der Waals surface area contributed by atoms with E-state index in [9.17, 15) is 4.39 Å². The number of thiocarbonyl (C=S) groups is 1. The smallest absolute Gasteiger partial charge is 0.175 e. The first kappa shape index (κ1) is 23.7. The number of hydrogen-bond acceptors (Lipinski definition) is 4. The minimum Gasteiger partial charge on any atom is -0.493 e. The molecule has 1 saturated heterocycles. The van der Waals surface area contributed by atoms with Crippen LogP contribution in [0.15, 0.2) is 71.2 Å². The minimum atomic E-state index is -0.285. The number of hydrogen-bond donors (Lipinski definition) is 0. The lowest BCUT2D eigenvalue weighted by Gasteiger charge is -2.36. The molecule has 3 aromatic carbocycles. The number of nitrogens with zero attached hydrogens (tertiary/aromatic N) is 2. The Morgan fingerprint density at radius 2 is 1.70 bits per heavy atom. The molecule has 1 aliphatic heterocycles. The highest BCUT2D eigenvalue weighted by atomic mass is 79.9. The normalized spacial score (nSPS) is 14.2. The van der Waals surface area contributed by atoms with Gasteiger partial charge in [-0.25, -0.2) is 4.39 Å². The van der Waals surface area contributed by atoms with Crippen LogP contribution in [0, 0.1) is 5.82 Å². The summed E-state index contributed by atoms with van der Waals surface area (Å²) in [5.74, 6) is 0.869. The molecule has 0 N–H and O–H groups in total. The summed E-state index contributed by atoms with van der Waals surface area (Å²) in [7, 11) is 1.60. The van der Waals surface area contributed by atoms with Gasteiger partial charge in [-0.05, 0) is 51.3 Å². The van der Waals surface area contributed by atoms with Crippen LogP contribution in [0.1, 0.15) is 16.7 Å². The van der Waals surface area contributed by atoms with E-state index in [1.54, 1.807) is 13.2 Å². The zero-order valence-electron chi connectivity index (χ0n) is 18.5. The number of methoxy groups -OCH3 is 1. The van der Waals surface area contributed by atoms with Crippen molar-refractivity contribution in [3.8, 4) is 11.5 Å². The van der Waals surface area contributed by atoms with E-state index in [0.717, 1.165) is 53.3 Å². The molecule has 1 fully saturated rings. The third-order valence-corrected chi connectivity index (χ3v) is 6.74. The van der Waals surface area contributed by atoms with E-state index < -0.39 is 0 Å². The van der Waals surface area contributed by atoms with Gasteiger partial charge in [0.05, 0.1) is 11.6 Å². The SMILES string of the molecule is COc1cc(C(=S)N2CCN(Cc3ccccc3)CC2)cc(Br)c1OCc1cccc(F)c1. The molecule has 172 valence electrons. The maximum atomic E-state index is 13.5. The fourth-order valence-electron chi connectivity index (χ4n) is 3.90. The standard InChI is InChI=1S/C26H26BrFN2O2S/c1-31-24-16-21(15-23(27)25(24)32-18-20-8-5-9-22(28)14-20)26(33)30-12-10-29(11-13-30)17-19-6-3-2-4-7-19/h2-9,14-16H,10-13,17-18H2,1H3. The molecular weight excluding hydrogens is 503 g/mol. The first-order valence-electron chi connectivity index (χ1n) is 10.8. The van der Waals surface area contributed by atoms with Gasteiger partial charge < -0.3 is 14.4 Å². The van der Waals surface area contributed by atoms with E-state index in [4.69, 9.17) is 21.7 Å². The number of benzene rings is 3. The van der Waals surface area contributed by atoms with Gasteiger partial charge in [0.2, 0.25) is 0 Å². The first-order valence-corrected chi connectivity index (χ1v) is 12.0. The molecule has 4 rings (SSSR count). The average molecular weight is 529 g/mol. The van der Waals surface area contributed by atoms with Crippen LogP contribution in [-0.2, 0) is 13.2 Å². The summed E-state index contributed by atoms with van der Waals surface area (Å²) >= 11 is 9.42. The second-order valence-corrected chi connectivity index (χ2v) is 9.20. The lowest BCUT2D eigenvalue weighted by Crippen LogP contribution is -2.48. The molecule has 0 amide bonds. The van der Waals surface area contributed by atoms with Gasteiger partial charge >= 0.3 is 0 Å². The Kier molecular flexibility index (Phi) is 7.96. The molecule has 0 aromatic heterocycles. The van der Waals surface area contributed by atoms with Crippen molar-refractivity contribution in [2.24, 2.45) is 0 Å². The van der Waals surface area contributed by atoms with Crippen molar-refractivity contribution in [3.63, 3.8) is 0 Å². The summed E-state index contributed by atoms with van der Waals surface area (Å²) in [6.45, 7) is 4.87. The van der Waals surface area contributed by atoms with E-state index in [1.807, 2.05) is 24.3 Å². The average Bonchev–Trinajstić information content (AvgIpc) is 2.83. The Bertz CT molecular complexity index is 1100.